The molecule has 0 fully saturated rings. The molecule has 5 heteroatoms. The predicted molar refractivity (Wildman–Crippen MR) is 83.7 cm³/mol. The zero-order valence-corrected chi connectivity index (χ0v) is 12.6. The highest BCUT2D eigenvalue weighted by molar-refractivity contribution is 5.86. The van der Waals surface area contributed by atoms with Crippen LogP contribution in [-0.2, 0) is 17.8 Å². The van der Waals surface area contributed by atoms with E-state index in [-0.39, 0.29) is 6.61 Å². The third kappa shape index (κ3) is 2.57. The second-order valence-corrected chi connectivity index (χ2v) is 5.06. The fourth-order valence-corrected chi connectivity index (χ4v) is 2.35. The van der Waals surface area contributed by atoms with Gasteiger partial charge in [0.25, 0.3) is 0 Å². The van der Waals surface area contributed by atoms with Crippen LogP contribution in [-0.4, -0.2) is 20.6 Å². The first kappa shape index (κ1) is 14.3. The van der Waals surface area contributed by atoms with E-state index in [1.54, 1.807) is 6.20 Å². The van der Waals surface area contributed by atoms with Gasteiger partial charge in [0.1, 0.15) is 17.9 Å². The molecule has 22 heavy (non-hydrogen) atoms. The molecule has 0 saturated heterocycles. The normalized spacial score (nSPS) is 10.8. The molecule has 0 bridgehead atoms. The van der Waals surface area contributed by atoms with Crippen molar-refractivity contribution in [3.63, 3.8) is 0 Å². The maximum atomic E-state index is 12.4. The first-order valence-corrected chi connectivity index (χ1v) is 7.24. The Bertz CT molecular complexity index is 809. The van der Waals surface area contributed by atoms with Crippen molar-refractivity contribution < 1.29 is 9.53 Å². The van der Waals surface area contributed by atoms with Gasteiger partial charge in [-0.2, -0.15) is 0 Å². The van der Waals surface area contributed by atoms with Crippen molar-refractivity contribution >= 4 is 17.3 Å². The van der Waals surface area contributed by atoms with Crippen molar-refractivity contribution in [3.05, 3.63) is 59.5 Å². The zero-order valence-electron chi connectivity index (χ0n) is 12.6. The standard InChI is InChI=1S/C17H17N3O2/c1-3-14-19-15-12(2)9-10-18-16(15)20(14)17(21)22-11-13-7-5-4-6-8-13/h4-10H,3,11H2,1-2H3. The number of rotatable bonds is 3. The average molecular weight is 295 g/mol. The number of aromatic nitrogens is 3. The summed E-state index contributed by atoms with van der Waals surface area (Å²) in [5, 5.41) is 0. The largest absolute Gasteiger partial charge is 0.444 e. The van der Waals surface area contributed by atoms with E-state index in [4.69, 9.17) is 4.74 Å². The van der Waals surface area contributed by atoms with Gasteiger partial charge in [0, 0.05) is 12.6 Å². The van der Waals surface area contributed by atoms with Crippen LogP contribution in [0.5, 0.6) is 0 Å². The van der Waals surface area contributed by atoms with Gasteiger partial charge in [0.05, 0.1) is 0 Å². The van der Waals surface area contributed by atoms with E-state index in [0.29, 0.717) is 17.9 Å². The summed E-state index contributed by atoms with van der Waals surface area (Å²) in [5.41, 5.74) is 3.24. The maximum Gasteiger partial charge on any atom is 0.421 e. The average Bonchev–Trinajstić information content (AvgIpc) is 2.94. The molecule has 112 valence electrons. The van der Waals surface area contributed by atoms with Crippen LogP contribution < -0.4 is 0 Å². The zero-order chi connectivity index (χ0) is 15.5. The molecule has 0 spiro atoms. The number of carbonyl (C=O) groups excluding carboxylic acids is 1. The Kier molecular flexibility index (Phi) is 3.87. The van der Waals surface area contributed by atoms with E-state index in [9.17, 15) is 4.79 Å². The van der Waals surface area contributed by atoms with Crippen molar-refractivity contribution in [1.29, 1.82) is 0 Å². The molecule has 2 aromatic heterocycles. The minimum atomic E-state index is -0.443. The molecule has 5 nitrogen and oxygen atoms in total. The van der Waals surface area contributed by atoms with Crippen LogP contribution in [0.2, 0.25) is 0 Å². The highest BCUT2D eigenvalue weighted by atomic mass is 16.5. The first-order valence-electron chi connectivity index (χ1n) is 7.24. The molecule has 2 heterocycles. The lowest BCUT2D eigenvalue weighted by atomic mass is 10.2. The number of benzene rings is 1. The van der Waals surface area contributed by atoms with Gasteiger partial charge >= 0.3 is 6.09 Å². The monoisotopic (exact) mass is 295 g/mol. The van der Waals surface area contributed by atoms with Gasteiger partial charge < -0.3 is 4.74 Å². The Morgan fingerprint density at radius 2 is 2.00 bits per heavy atom. The molecule has 0 atom stereocenters. The SMILES string of the molecule is CCc1nc2c(C)ccnc2n1C(=O)OCc1ccccc1. The van der Waals surface area contributed by atoms with Gasteiger partial charge in [-0.3, -0.25) is 0 Å². The lowest BCUT2D eigenvalue weighted by molar-refractivity contribution is 0.141. The fourth-order valence-electron chi connectivity index (χ4n) is 2.35. The number of hydrogen-bond acceptors (Lipinski definition) is 4. The summed E-state index contributed by atoms with van der Waals surface area (Å²) in [6.07, 6.45) is 1.87. The van der Waals surface area contributed by atoms with Crippen molar-refractivity contribution in [2.75, 3.05) is 0 Å². The minimum absolute atomic E-state index is 0.230. The fraction of sp³-hybridized carbons (Fsp3) is 0.235. The summed E-state index contributed by atoms with van der Waals surface area (Å²) in [7, 11) is 0. The van der Waals surface area contributed by atoms with Crippen LogP contribution in [0.4, 0.5) is 4.79 Å². The molecule has 0 unspecified atom stereocenters. The Balaban J connectivity index is 1.91. The number of fused-ring (bicyclic) bond motifs is 1. The lowest BCUT2D eigenvalue weighted by Gasteiger charge is -2.07. The number of carbonyl (C=O) groups is 1. The van der Waals surface area contributed by atoms with E-state index in [0.717, 1.165) is 16.6 Å². The summed E-state index contributed by atoms with van der Waals surface area (Å²) in [4.78, 5) is 21.2. The summed E-state index contributed by atoms with van der Waals surface area (Å²) in [5.74, 6) is 0.662. The summed E-state index contributed by atoms with van der Waals surface area (Å²) in [6.45, 7) is 4.14. The number of nitrogens with zero attached hydrogens (tertiary/aromatic N) is 3. The maximum absolute atomic E-state index is 12.4. The van der Waals surface area contributed by atoms with Gasteiger partial charge in [0.2, 0.25) is 0 Å². The molecule has 0 aliphatic heterocycles. The topological polar surface area (TPSA) is 57.0 Å². The lowest BCUT2D eigenvalue weighted by Crippen LogP contribution is -2.16. The van der Waals surface area contributed by atoms with E-state index in [2.05, 4.69) is 9.97 Å². The highest BCUT2D eigenvalue weighted by Gasteiger charge is 2.19. The molecule has 1 aromatic carbocycles. The quantitative estimate of drug-likeness (QED) is 0.742. The second-order valence-electron chi connectivity index (χ2n) is 5.06. The Morgan fingerprint density at radius 3 is 2.73 bits per heavy atom. The van der Waals surface area contributed by atoms with Crippen LogP contribution in [0.1, 0.15) is 23.9 Å². The van der Waals surface area contributed by atoms with Crippen molar-refractivity contribution in [2.24, 2.45) is 0 Å². The number of aryl methyl sites for hydroxylation is 2. The molecule has 0 N–H and O–H groups in total. The highest BCUT2D eigenvalue weighted by Crippen LogP contribution is 2.18. The van der Waals surface area contributed by atoms with Crippen LogP contribution in [0.25, 0.3) is 11.2 Å². The molecular formula is C17H17N3O2. The van der Waals surface area contributed by atoms with E-state index in [1.807, 2.05) is 50.2 Å². The second kappa shape index (κ2) is 5.97. The summed E-state index contributed by atoms with van der Waals surface area (Å²) >= 11 is 0. The molecule has 0 aliphatic rings. The Hall–Kier alpha value is -2.69. The van der Waals surface area contributed by atoms with Gasteiger partial charge in [-0.15, -0.1) is 0 Å². The number of pyridine rings is 1. The summed E-state index contributed by atoms with van der Waals surface area (Å²) in [6, 6.07) is 11.5. The van der Waals surface area contributed by atoms with Gasteiger partial charge in [-0.25, -0.2) is 19.3 Å². The van der Waals surface area contributed by atoms with E-state index < -0.39 is 6.09 Å². The third-order valence-corrected chi connectivity index (χ3v) is 3.52. The molecule has 3 rings (SSSR count). The molecular weight excluding hydrogens is 278 g/mol. The van der Waals surface area contributed by atoms with E-state index >= 15 is 0 Å². The molecule has 0 saturated carbocycles. The van der Waals surface area contributed by atoms with Gasteiger partial charge in [0.15, 0.2) is 5.65 Å². The Morgan fingerprint density at radius 1 is 1.23 bits per heavy atom. The number of imidazole rings is 1. The number of ether oxygens (including phenoxy) is 1. The van der Waals surface area contributed by atoms with Crippen LogP contribution in [0.15, 0.2) is 42.6 Å². The first-order chi connectivity index (χ1) is 10.7. The van der Waals surface area contributed by atoms with Crippen LogP contribution in [0.3, 0.4) is 0 Å². The van der Waals surface area contributed by atoms with Gasteiger partial charge in [-0.1, -0.05) is 37.3 Å². The predicted octanol–water partition coefficient (Wildman–Crippen LogP) is 3.49. The van der Waals surface area contributed by atoms with Crippen molar-refractivity contribution in [3.8, 4) is 0 Å². The number of hydrogen-bond donors (Lipinski definition) is 0. The van der Waals surface area contributed by atoms with Crippen LogP contribution in [0, 0.1) is 6.92 Å². The van der Waals surface area contributed by atoms with Gasteiger partial charge in [-0.05, 0) is 24.1 Å². The molecule has 0 amide bonds. The molecule has 0 radical (unpaired) electrons. The third-order valence-electron chi connectivity index (χ3n) is 3.52. The van der Waals surface area contributed by atoms with Crippen molar-refractivity contribution in [2.45, 2.75) is 26.9 Å². The van der Waals surface area contributed by atoms with E-state index in [1.165, 1.54) is 4.57 Å². The molecule has 0 aliphatic carbocycles. The minimum Gasteiger partial charge on any atom is -0.444 e. The smallest absolute Gasteiger partial charge is 0.421 e. The summed E-state index contributed by atoms with van der Waals surface area (Å²) < 4.78 is 6.87. The molecule has 3 aromatic rings. The van der Waals surface area contributed by atoms with Crippen molar-refractivity contribution in [1.82, 2.24) is 14.5 Å². The Labute approximate surface area is 128 Å². The van der Waals surface area contributed by atoms with Crippen LogP contribution >= 0.6 is 0 Å².